The molecule has 3 N–H and O–H groups in total. The quantitative estimate of drug-likeness (QED) is 0.804. The van der Waals surface area contributed by atoms with Crippen LogP contribution in [-0.4, -0.2) is 23.5 Å². The second-order valence-corrected chi connectivity index (χ2v) is 5.41. The molecular weight excluding hydrogens is 320 g/mol. The van der Waals surface area contributed by atoms with Crippen molar-refractivity contribution in [2.75, 3.05) is 11.9 Å². The fourth-order valence-corrected chi connectivity index (χ4v) is 2.51. The summed E-state index contributed by atoms with van der Waals surface area (Å²) in [6, 6.07) is 11.3. The van der Waals surface area contributed by atoms with E-state index in [-0.39, 0.29) is 0 Å². The average molecular weight is 333 g/mol. The molecule has 1 unspecified atom stereocenters. The third-order valence-electron chi connectivity index (χ3n) is 3.37. The number of amides is 1. The first kappa shape index (κ1) is 15.2. The number of fused-ring (bicyclic) bond motifs is 2. The second-order valence-electron chi connectivity index (χ2n) is 4.97. The lowest BCUT2D eigenvalue weighted by Crippen LogP contribution is -2.36. The fraction of sp³-hybridized carbons (Fsp3) is 0.125. The zero-order valence-corrected chi connectivity index (χ0v) is 12.6. The SMILES string of the molecule is O=C(O)CNC(=O)C1Nc2cc(Cl)ccc2Oc2ccccc21. The molecule has 1 aliphatic heterocycles. The summed E-state index contributed by atoms with van der Waals surface area (Å²) >= 11 is 6.00. The molecule has 23 heavy (non-hydrogen) atoms. The zero-order valence-electron chi connectivity index (χ0n) is 11.9. The Labute approximate surface area is 137 Å². The van der Waals surface area contributed by atoms with Gasteiger partial charge in [0, 0.05) is 10.6 Å². The van der Waals surface area contributed by atoms with Gasteiger partial charge in [-0.3, -0.25) is 9.59 Å². The van der Waals surface area contributed by atoms with E-state index in [1.165, 1.54) is 0 Å². The van der Waals surface area contributed by atoms with E-state index in [1.54, 1.807) is 42.5 Å². The number of para-hydroxylation sites is 1. The maximum atomic E-state index is 12.4. The van der Waals surface area contributed by atoms with Crippen LogP contribution in [0.3, 0.4) is 0 Å². The monoisotopic (exact) mass is 332 g/mol. The van der Waals surface area contributed by atoms with Crippen LogP contribution in [-0.2, 0) is 9.59 Å². The van der Waals surface area contributed by atoms with Crippen molar-refractivity contribution in [3.8, 4) is 11.5 Å². The molecule has 1 aliphatic rings. The molecule has 1 heterocycles. The Hall–Kier alpha value is -2.73. The summed E-state index contributed by atoms with van der Waals surface area (Å²) in [4.78, 5) is 23.1. The maximum absolute atomic E-state index is 12.4. The van der Waals surface area contributed by atoms with Crippen molar-refractivity contribution in [3.63, 3.8) is 0 Å². The van der Waals surface area contributed by atoms with Crippen LogP contribution >= 0.6 is 11.6 Å². The van der Waals surface area contributed by atoms with Crippen molar-refractivity contribution in [2.24, 2.45) is 0 Å². The van der Waals surface area contributed by atoms with Crippen molar-refractivity contribution >= 4 is 29.2 Å². The van der Waals surface area contributed by atoms with E-state index in [0.29, 0.717) is 27.8 Å². The molecule has 6 nitrogen and oxygen atoms in total. The number of carbonyl (C=O) groups is 2. The minimum absolute atomic E-state index is 0.456. The molecule has 2 aromatic rings. The third kappa shape index (κ3) is 3.22. The van der Waals surface area contributed by atoms with E-state index in [4.69, 9.17) is 21.4 Å². The summed E-state index contributed by atoms with van der Waals surface area (Å²) in [5.74, 6) is -0.511. The molecule has 2 aromatic carbocycles. The number of carboxylic acids is 1. The smallest absolute Gasteiger partial charge is 0.322 e. The highest BCUT2D eigenvalue weighted by atomic mass is 35.5. The Morgan fingerprint density at radius 1 is 1.22 bits per heavy atom. The first-order valence-electron chi connectivity index (χ1n) is 6.87. The highest BCUT2D eigenvalue weighted by Crippen LogP contribution is 2.41. The van der Waals surface area contributed by atoms with Gasteiger partial charge in [0.25, 0.3) is 0 Å². The van der Waals surface area contributed by atoms with Crippen LogP contribution in [0, 0.1) is 0 Å². The predicted molar refractivity (Wildman–Crippen MR) is 85.0 cm³/mol. The van der Waals surface area contributed by atoms with Gasteiger partial charge in [0.1, 0.15) is 18.3 Å². The van der Waals surface area contributed by atoms with E-state index in [2.05, 4.69) is 10.6 Å². The molecule has 0 aromatic heterocycles. The third-order valence-corrected chi connectivity index (χ3v) is 3.60. The van der Waals surface area contributed by atoms with Crippen LogP contribution in [0.1, 0.15) is 11.6 Å². The van der Waals surface area contributed by atoms with Gasteiger partial charge in [0.05, 0.1) is 5.69 Å². The molecule has 0 saturated heterocycles. The van der Waals surface area contributed by atoms with Crippen LogP contribution in [0.4, 0.5) is 5.69 Å². The van der Waals surface area contributed by atoms with Crippen LogP contribution in [0.5, 0.6) is 11.5 Å². The Balaban J connectivity index is 2.00. The van der Waals surface area contributed by atoms with Crippen LogP contribution in [0.15, 0.2) is 42.5 Å². The predicted octanol–water partition coefficient (Wildman–Crippen LogP) is 2.80. The number of benzene rings is 2. The summed E-state index contributed by atoms with van der Waals surface area (Å²) < 4.78 is 5.85. The largest absolute Gasteiger partial charge is 0.480 e. The van der Waals surface area contributed by atoms with Crippen LogP contribution < -0.4 is 15.4 Å². The van der Waals surface area contributed by atoms with Gasteiger partial charge in [-0.1, -0.05) is 29.8 Å². The minimum atomic E-state index is -1.11. The number of nitrogens with one attached hydrogen (secondary N) is 2. The summed E-state index contributed by atoms with van der Waals surface area (Å²) in [6.45, 7) is -0.456. The van der Waals surface area contributed by atoms with E-state index in [1.807, 2.05) is 0 Å². The average Bonchev–Trinajstić information content (AvgIpc) is 2.69. The van der Waals surface area contributed by atoms with E-state index in [0.717, 1.165) is 0 Å². The van der Waals surface area contributed by atoms with Gasteiger partial charge < -0.3 is 20.5 Å². The van der Waals surface area contributed by atoms with E-state index in [9.17, 15) is 9.59 Å². The Bertz CT molecular complexity index is 778. The topological polar surface area (TPSA) is 87.7 Å². The molecule has 0 fully saturated rings. The van der Waals surface area contributed by atoms with Crippen molar-refractivity contribution in [1.82, 2.24) is 5.32 Å². The number of rotatable bonds is 3. The molecule has 0 radical (unpaired) electrons. The minimum Gasteiger partial charge on any atom is -0.480 e. The van der Waals surface area contributed by atoms with Crippen molar-refractivity contribution in [3.05, 3.63) is 53.1 Å². The van der Waals surface area contributed by atoms with Crippen molar-refractivity contribution in [1.29, 1.82) is 0 Å². The molecule has 0 bridgehead atoms. The number of hydrogen-bond donors (Lipinski definition) is 3. The van der Waals surface area contributed by atoms with Gasteiger partial charge in [-0.2, -0.15) is 0 Å². The zero-order chi connectivity index (χ0) is 16.4. The lowest BCUT2D eigenvalue weighted by molar-refractivity contribution is -0.138. The second kappa shape index (κ2) is 6.18. The number of halogens is 1. The van der Waals surface area contributed by atoms with Crippen molar-refractivity contribution < 1.29 is 19.4 Å². The molecule has 3 rings (SSSR count). The number of aliphatic carboxylic acids is 1. The Kier molecular flexibility index (Phi) is 4.08. The normalized spacial score (nSPS) is 15.3. The number of carbonyl (C=O) groups excluding carboxylic acids is 1. The molecule has 1 amide bonds. The summed E-state index contributed by atoms with van der Waals surface area (Å²) in [6.07, 6.45) is 0. The summed E-state index contributed by atoms with van der Waals surface area (Å²) in [5.41, 5.74) is 1.17. The number of hydrogen-bond acceptors (Lipinski definition) is 4. The van der Waals surface area contributed by atoms with Crippen molar-refractivity contribution in [2.45, 2.75) is 6.04 Å². The number of ether oxygens (including phenoxy) is 1. The lowest BCUT2D eigenvalue weighted by Gasteiger charge is -2.18. The maximum Gasteiger partial charge on any atom is 0.322 e. The van der Waals surface area contributed by atoms with Crippen LogP contribution in [0.25, 0.3) is 0 Å². The van der Waals surface area contributed by atoms with E-state index < -0.39 is 24.5 Å². The highest BCUT2D eigenvalue weighted by Gasteiger charge is 2.28. The lowest BCUT2D eigenvalue weighted by atomic mass is 10.0. The van der Waals surface area contributed by atoms with Gasteiger partial charge in [0.2, 0.25) is 5.91 Å². The molecule has 1 atom stereocenters. The molecule has 7 heteroatoms. The summed E-state index contributed by atoms with van der Waals surface area (Å²) in [7, 11) is 0. The Morgan fingerprint density at radius 3 is 2.78 bits per heavy atom. The molecule has 0 saturated carbocycles. The number of anilines is 1. The number of carboxylic acid groups (broad SMARTS) is 1. The van der Waals surface area contributed by atoms with Gasteiger partial charge in [0.15, 0.2) is 5.75 Å². The first-order chi connectivity index (χ1) is 11.0. The summed E-state index contributed by atoms with van der Waals surface area (Å²) in [5, 5.41) is 14.7. The van der Waals surface area contributed by atoms with Gasteiger partial charge in [-0.05, 0) is 24.3 Å². The first-order valence-corrected chi connectivity index (χ1v) is 7.25. The standard InChI is InChI=1S/C16H13ClN2O4/c17-9-5-6-13-11(7-9)19-15(16(22)18-8-14(20)21)10-3-1-2-4-12(10)23-13/h1-7,15,19H,8H2,(H,18,22)(H,20,21). The highest BCUT2D eigenvalue weighted by molar-refractivity contribution is 6.31. The van der Waals surface area contributed by atoms with Gasteiger partial charge in [-0.15, -0.1) is 0 Å². The molecule has 0 aliphatic carbocycles. The molecule has 0 spiro atoms. The Morgan fingerprint density at radius 2 is 2.00 bits per heavy atom. The molecule has 118 valence electrons. The van der Waals surface area contributed by atoms with Gasteiger partial charge >= 0.3 is 5.97 Å². The van der Waals surface area contributed by atoms with E-state index >= 15 is 0 Å². The van der Waals surface area contributed by atoms with Gasteiger partial charge in [-0.25, -0.2) is 0 Å². The molecular formula is C16H13ClN2O4. The fourth-order valence-electron chi connectivity index (χ4n) is 2.34. The van der Waals surface area contributed by atoms with Crippen LogP contribution in [0.2, 0.25) is 5.02 Å².